The predicted molar refractivity (Wildman–Crippen MR) is 52.3 cm³/mol. The largest absolute Gasteiger partial charge is 0.299 e. The van der Waals surface area contributed by atoms with Gasteiger partial charge in [-0.1, -0.05) is 31.8 Å². The molecule has 0 aliphatic carbocycles. The van der Waals surface area contributed by atoms with Crippen LogP contribution in [0, 0.1) is 5.92 Å². The number of carbonyl (C=O) groups excluding carboxylic acids is 1. The Morgan fingerprint density at radius 3 is 1.82 bits per heavy atom. The van der Waals surface area contributed by atoms with Crippen molar-refractivity contribution in [2.24, 2.45) is 5.92 Å². The van der Waals surface area contributed by atoms with Gasteiger partial charge in [-0.2, -0.15) is 0 Å². The van der Waals surface area contributed by atoms with Crippen LogP contribution in [0.25, 0.3) is 0 Å². The van der Waals surface area contributed by atoms with E-state index in [1.807, 2.05) is 6.92 Å². The highest BCUT2D eigenvalue weighted by Crippen LogP contribution is 2.21. The van der Waals surface area contributed by atoms with Crippen LogP contribution in [0.1, 0.15) is 13.8 Å². The van der Waals surface area contributed by atoms with E-state index in [4.69, 9.17) is 0 Å². The molecule has 0 heterocycles. The fourth-order valence-electron chi connectivity index (χ4n) is 0.895. The summed E-state index contributed by atoms with van der Waals surface area (Å²) in [5.41, 5.74) is 0. The van der Waals surface area contributed by atoms with Crippen molar-refractivity contribution in [3.63, 3.8) is 0 Å². The zero-order valence-corrected chi connectivity index (χ0v) is 9.19. The van der Waals surface area contributed by atoms with E-state index in [2.05, 4.69) is 26.2 Å². The van der Waals surface area contributed by atoms with Crippen molar-refractivity contribution >= 4 is 13.9 Å². The number of hydrogen-bond donors (Lipinski definition) is 0. The van der Waals surface area contributed by atoms with E-state index in [1.54, 1.807) is 6.92 Å². The Morgan fingerprint density at radius 1 is 1.36 bits per heavy atom. The third-order valence-corrected chi connectivity index (χ3v) is 4.46. The van der Waals surface area contributed by atoms with Gasteiger partial charge in [-0.25, -0.2) is 0 Å². The molecule has 0 amide bonds. The standard InChI is InChI=1S/C9H18OSi/c1-7(8(2)10)9(3)11(4,5)6/h7H,3H2,1-2,4-6H3. The molecule has 1 unspecified atom stereocenters. The van der Waals surface area contributed by atoms with Crippen molar-refractivity contribution < 1.29 is 4.79 Å². The quantitative estimate of drug-likeness (QED) is 0.595. The lowest BCUT2D eigenvalue weighted by Crippen LogP contribution is -2.30. The normalized spacial score (nSPS) is 14.3. The van der Waals surface area contributed by atoms with Crippen molar-refractivity contribution in [2.45, 2.75) is 33.5 Å². The van der Waals surface area contributed by atoms with Crippen LogP contribution < -0.4 is 0 Å². The molecular weight excluding hydrogens is 152 g/mol. The van der Waals surface area contributed by atoms with Crippen LogP contribution in [0.15, 0.2) is 11.8 Å². The molecule has 64 valence electrons. The Kier molecular flexibility index (Phi) is 3.24. The van der Waals surface area contributed by atoms with Crippen LogP contribution in [0.2, 0.25) is 19.6 Å². The van der Waals surface area contributed by atoms with Gasteiger partial charge in [0.05, 0.1) is 8.07 Å². The summed E-state index contributed by atoms with van der Waals surface area (Å²) in [7, 11) is -1.30. The zero-order chi connectivity index (χ0) is 9.23. The van der Waals surface area contributed by atoms with Crippen LogP contribution in [-0.4, -0.2) is 13.9 Å². The average molecular weight is 170 g/mol. The third kappa shape index (κ3) is 3.02. The van der Waals surface area contributed by atoms with E-state index >= 15 is 0 Å². The molecular formula is C9H18OSi. The number of ketones is 1. The molecule has 1 nitrogen and oxygen atoms in total. The van der Waals surface area contributed by atoms with E-state index in [-0.39, 0.29) is 11.7 Å². The van der Waals surface area contributed by atoms with Crippen molar-refractivity contribution in [2.75, 3.05) is 0 Å². The predicted octanol–water partition coefficient (Wildman–Crippen LogP) is 2.65. The molecule has 0 fully saturated rings. The summed E-state index contributed by atoms with van der Waals surface area (Å²) in [5.74, 6) is 0.291. The van der Waals surface area contributed by atoms with Gasteiger partial charge in [0, 0.05) is 5.92 Å². The Bertz CT molecular complexity index is 176. The maximum Gasteiger partial charge on any atom is 0.136 e. The number of carbonyl (C=O) groups is 1. The number of hydrogen-bond acceptors (Lipinski definition) is 1. The highest BCUT2D eigenvalue weighted by molar-refractivity contribution is 6.83. The van der Waals surface area contributed by atoms with Crippen LogP contribution in [0.4, 0.5) is 0 Å². The summed E-state index contributed by atoms with van der Waals surface area (Å²) >= 11 is 0. The van der Waals surface area contributed by atoms with Gasteiger partial charge < -0.3 is 0 Å². The minimum Gasteiger partial charge on any atom is -0.299 e. The van der Waals surface area contributed by atoms with Crippen LogP contribution in [-0.2, 0) is 4.79 Å². The van der Waals surface area contributed by atoms with Crippen LogP contribution in [0.5, 0.6) is 0 Å². The molecule has 0 radical (unpaired) electrons. The second kappa shape index (κ2) is 3.35. The molecule has 0 N–H and O–H groups in total. The summed E-state index contributed by atoms with van der Waals surface area (Å²) in [5, 5.41) is 1.16. The smallest absolute Gasteiger partial charge is 0.136 e. The first-order valence-electron chi connectivity index (χ1n) is 3.96. The second-order valence-electron chi connectivity index (χ2n) is 4.11. The van der Waals surface area contributed by atoms with Gasteiger partial charge in [-0.3, -0.25) is 4.79 Å². The molecule has 0 aromatic heterocycles. The summed E-state index contributed by atoms with van der Waals surface area (Å²) in [6.45, 7) is 14.2. The highest BCUT2D eigenvalue weighted by Gasteiger charge is 2.24. The fourth-order valence-corrected chi connectivity index (χ4v) is 2.40. The first-order chi connectivity index (χ1) is 4.76. The Labute approximate surface area is 70.5 Å². The molecule has 0 saturated heterocycles. The van der Waals surface area contributed by atoms with Crippen molar-refractivity contribution in [1.82, 2.24) is 0 Å². The molecule has 0 aromatic rings. The number of rotatable bonds is 3. The van der Waals surface area contributed by atoms with E-state index < -0.39 is 8.07 Å². The molecule has 11 heavy (non-hydrogen) atoms. The minimum atomic E-state index is -1.30. The average Bonchev–Trinajstić information content (AvgIpc) is 1.82. The summed E-state index contributed by atoms with van der Waals surface area (Å²) < 4.78 is 0. The molecule has 0 aliphatic heterocycles. The molecule has 0 rings (SSSR count). The van der Waals surface area contributed by atoms with Gasteiger partial charge in [0.15, 0.2) is 0 Å². The molecule has 1 atom stereocenters. The molecule has 0 bridgehead atoms. The molecule has 0 spiro atoms. The van der Waals surface area contributed by atoms with Gasteiger partial charge in [-0.15, -0.1) is 6.58 Å². The van der Waals surface area contributed by atoms with E-state index in [0.29, 0.717) is 0 Å². The Balaban J connectivity index is 4.39. The van der Waals surface area contributed by atoms with Crippen molar-refractivity contribution in [3.8, 4) is 0 Å². The van der Waals surface area contributed by atoms with Crippen LogP contribution in [0.3, 0.4) is 0 Å². The number of allylic oxidation sites excluding steroid dienone is 1. The first kappa shape index (κ1) is 10.6. The topological polar surface area (TPSA) is 17.1 Å². The lowest BCUT2D eigenvalue weighted by Gasteiger charge is -2.23. The molecule has 0 saturated carbocycles. The van der Waals surface area contributed by atoms with Crippen molar-refractivity contribution in [1.29, 1.82) is 0 Å². The maximum atomic E-state index is 11.0. The highest BCUT2D eigenvalue weighted by atomic mass is 28.3. The van der Waals surface area contributed by atoms with Gasteiger partial charge >= 0.3 is 0 Å². The Morgan fingerprint density at radius 2 is 1.73 bits per heavy atom. The minimum absolute atomic E-state index is 0.0571. The van der Waals surface area contributed by atoms with Gasteiger partial charge in [0.25, 0.3) is 0 Å². The number of Topliss-reactive ketones (excluding diaryl/α,β-unsaturated/α-hetero) is 1. The van der Waals surface area contributed by atoms with E-state index in [0.717, 1.165) is 5.20 Å². The lowest BCUT2D eigenvalue weighted by atomic mass is 10.1. The first-order valence-corrected chi connectivity index (χ1v) is 7.46. The Hall–Kier alpha value is -0.373. The van der Waals surface area contributed by atoms with Crippen LogP contribution >= 0.6 is 0 Å². The third-order valence-electron chi connectivity index (χ3n) is 2.10. The SMILES string of the molecule is C=C(C(C)C(C)=O)[Si](C)(C)C. The monoisotopic (exact) mass is 170 g/mol. The molecule has 0 aromatic carbocycles. The second-order valence-corrected chi connectivity index (χ2v) is 9.25. The van der Waals surface area contributed by atoms with E-state index in [1.165, 1.54) is 0 Å². The molecule has 2 heteroatoms. The summed E-state index contributed by atoms with van der Waals surface area (Å²) in [4.78, 5) is 11.0. The van der Waals surface area contributed by atoms with Gasteiger partial charge in [0.1, 0.15) is 5.78 Å². The zero-order valence-electron chi connectivity index (χ0n) is 8.19. The molecule has 0 aliphatic rings. The lowest BCUT2D eigenvalue weighted by molar-refractivity contribution is -0.119. The summed E-state index contributed by atoms with van der Waals surface area (Å²) in [6.07, 6.45) is 0. The fraction of sp³-hybridized carbons (Fsp3) is 0.667. The summed E-state index contributed by atoms with van der Waals surface area (Å²) in [6, 6.07) is 0. The van der Waals surface area contributed by atoms with E-state index in [9.17, 15) is 4.79 Å². The maximum absolute atomic E-state index is 11.0. The van der Waals surface area contributed by atoms with Crippen molar-refractivity contribution in [3.05, 3.63) is 11.8 Å². The van der Waals surface area contributed by atoms with Gasteiger partial charge in [-0.05, 0) is 6.92 Å². The van der Waals surface area contributed by atoms with Gasteiger partial charge in [0.2, 0.25) is 0 Å².